The molecule has 0 unspecified atom stereocenters. The maximum Gasteiger partial charge on any atom is 0.262 e. The van der Waals surface area contributed by atoms with Crippen LogP contribution >= 0.6 is 0 Å². The van der Waals surface area contributed by atoms with E-state index < -0.39 is 0 Å². The zero-order valence-corrected chi connectivity index (χ0v) is 14.0. The van der Waals surface area contributed by atoms with Gasteiger partial charge in [0, 0.05) is 11.8 Å². The molecule has 0 atom stereocenters. The number of amides is 1. The van der Waals surface area contributed by atoms with Gasteiger partial charge in [-0.1, -0.05) is 6.07 Å². The van der Waals surface area contributed by atoms with Gasteiger partial charge in [0.1, 0.15) is 13.2 Å². The van der Waals surface area contributed by atoms with Crippen molar-refractivity contribution in [3.05, 3.63) is 36.4 Å². The zero-order chi connectivity index (χ0) is 17.6. The Hall–Kier alpha value is -3.09. The number of anilines is 1. The summed E-state index contributed by atoms with van der Waals surface area (Å²) < 4.78 is 27.0. The minimum absolute atomic E-state index is 0.189. The lowest BCUT2D eigenvalue weighted by molar-refractivity contribution is -0.118. The summed E-state index contributed by atoms with van der Waals surface area (Å²) in [6.45, 7) is 0.819. The normalized spacial score (nSPS) is 12.2. The van der Waals surface area contributed by atoms with Crippen LogP contribution in [0.25, 0.3) is 0 Å². The van der Waals surface area contributed by atoms with Crippen molar-refractivity contribution in [3.8, 4) is 28.7 Å². The molecule has 132 valence electrons. The molecule has 2 aromatic rings. The molecule has 7 heteroatoms. The smallest absolute Gasteiger partial charge is 0.262 e. The molecule has 0 radical (unpaired) electrons. The van der Waals surface area contributed by atoms with Crippen molar-refractivity contribution in [1.29, 1.82) is 0 Å². The number of fused-ring (bicyclic) bond motifs is 1. The van der Waals surface area contributed by atoms with Crippen molar-refractivity contribution >= 4 is 11.6 Å². The molecule has 0 saturated carbocycles. The molecule has 0 saturated heterocycles. The first-order valence-corrected chi connectivity index (χ1v) is 7.74. The van der Waals surface area contributed by atoms with Crippen molar-refractivity contribution < 1.29 is 28.5 Å². The van der Waals surface area contributed by atoms with Gasteiger partial charge in [-0.2, -0.15) is 0 Å². The maximum absolute atomic E-state index is 12.2. The quantitative estimate of drug-likeness (QED) is 0.867. The van der Waals surface area contributed by atoms with Crippen molar-refractivity contribution in [1.82, 2.24) is 0 Å². The second-order valence-electron chi connectivity index (χ2n) is 5.19. The molecule has 1 amide bonds. The molecule has 0 fully saturated rings. The molecular formula is C18H19NO6. The Morgan fingerprint density at radius 1 is 1.04 bits per heavy atom. The van der Waals surface area contributed by atoms with E-state index in [1.54, 1.807) is 36.4 Å². The number of rotatable bonds is 6. The highest BCUT2D eigenvalue weighted by molar-refractivity contribution is 5.92. The van der Waals surface area contributed by atoms with Gasteiger partial charge in [0.2, 0.25) is 5.75 Å². The summed E-state index contributed by atoms with van der Waals surface area (Å²) in [7, 11) is 3.05. The minimum Gasteiger partial charge on any atom is -0.493 e. The molecule has 3 rings (SSSR count). The van der Waals surface area contributed by atoms with Crippen LogP contribution in [0.1, 0.15) is 0 Å². The maximum atomic E-state index is 12.2. The van der Waals surface area contributed by atoms with E-state index in [9.17, 15) is 4.79 Å². The minimum atomic E-state index is -0.315. The lowest BCUT2D eigenvalue weighted by Crippen LogP contribution is -2.21. The van der Waals surface area contributed by atoms with Gasteiger partial charge in [0.05, 0.1) is 14.2 Å². The fraction of sp³-hybridized carbons (Fsp3) is 0.278. The number of methoxy groups -OCH3 is 2. The van der Waals surface area contributed by atoms with E-state index in [1.165, 1.54) is 14.2 Å². The molecule has 1 aliphatic rings. The second kappa shape index (κ2) is 7.65. The molecular weight excluding hydrogens is 326 g/mol. The second-order valence-corrected chi connectivity index (χ2v) is 5.19. The van der Waals surface area contributed by atoms with E-state index >= 15 is 0 Å². The van der Waals surface area contributed by atoms with Gasteiger partial charge in [-0.15, -0.1) is 0 Å². The van der Waals surface area contributed by atoms with Crippen molar-refractivity contribution in [2.45, 2.75) is 0 Å². The number of hydrogen-bond acceptors (Lipinski definition) is 6. The lowest BCUT2D eigenvalue weighted by Gasteiger charge is -2.19. The van der Waals surface area contributed by atoms with Crippen LogP contribution in [0.15, 0.2) is 36.4 Å². The highest BCUT2D eigenvalue weighted by atomic mass is 16.6. The van der Waals surface area contributed by atoms with E-state index in [2.05, 4.69) is 5.32 Å². The van der Waals surface area contributed by atoms with E-state index in [4.69, 9.17) is 23.7 Å². The fourth-order valence-corrected chi connectivity index (χ4v) is 2.42. The number of carbonyl (C=O) groups is 1. The van der Waals surface area contributed by atoms with Gasteiger partial charge in [0.25, 0.3) is 5.91 Å². The summed E-state index contributed by atoms with van der Waals surface area (Å²) in [6, 6.07) is 10.5. The van der Waals surface area contributed by atoms with Crippen molar-refractivity contribution in [3.63, 3.8) is 0 Å². The summed E-state index contributed by atoms with van der Waals surface area (Å²) in [5, 5.41) is 2.76. The van der Waals surface area contributed by atoms with E-state index in [0.717, 1.165) is 0 Å². The Morgan fingerprint density at radius 2 is 1.72 bits per heavy atom. The number of para-hydroxylation sites is 1. The number of carbonyl (C=O) groups excluding carboxylic acids is 1. The molecule has 2 aromatic carbocycles. The molecule has 7 nitrogen and oxygen atoms in total. The van der Waals surface area contributed by atoms with Gasteiger partial charge >= 0.3 is 0 Å². The van der Waals surface area contributed by atoms with Crippen LogP contribution in [0.2, 0.25) is 0 Å². The van der Waals surface area contributed by atoms with E-state index in [0.29, 0.717) is 47.6 Å². The third kappa shape index (κ3) is 3.88. The summed E-state index contributed by atoms with van der Waals surface area (Å²) in [4.78, 5) is 12.2. The van der Waals surface area contributed by atoms with Crippen molar-refractivity contribution in [2.24, 2.45) is 0 Å². The van der Waals surface area contributed by atoms with Gasteiger partial charge in [0.15, 0.2) is 29.6 Å². The Balaban J connectivity index is 1.64. The topological polar surface area (TPSA) is 75.3 Å². The molecule has 1 N–H and O–H groups in total. The van der Waals surface area contributed by atoms with Crippen LogP contribution < -0.4 is 29.0 Å². The average Bonchev–Trinajstić information content (AvgIpc) is 2.65. The Bertz CT molecular complexity index is 739. The SMILES string of the molecule is COc1cccc(OC)c1OCC(=O)Nc1ccc2c(c1)OCCO2. The number of ether oxygens (including phenoxy) is 5. The van der Waals surface area contributed by atoms with Gasteiger partial charge in [-0.3, -0.25) is 4.79 Å². The molecule has 0 bridgehead atoms. The van der Waals surface area contributed by atoms with E-state index in [1.807, 2.05) is 0 Å². The van der Waals surface area contributed by atoms with Crippen LogP contribution in [0.5, 0.6) is 28.7 Å². The third-order valence-corrected chi connectivity index (χ3v) is 3.56. The van der Waals surface area contributed by atoms with Crippen molar-refractivity contribution in [2.75, 3.05) is 39.4 Å². The molecule has 1 aliphatic heterocycles. The largest absolute Gasteiger partial charge is 0.493 e. The number of nitrogens with one attached hydrogen (secondary N) is 1. The van der Waals surface area contributed by atoms with Crippen LogP contribution in [-0.2, 0) is 4.79 Å². The number of benzene rings is 2. The van der Waals surface area contributed by atoms with Gasteiger partial charge in [-0.25, -0.2) is 0 Å². The summed E-state index contributed by atoms with van der Waals surface area (Å²) in [5.74, 6) is 2.32. The highest BCUT2D eigenvalue weighted by Crippen LogP contribution is 2.37. The first kappa shape index (κ1) is 16.8. The highest BCUT2D eigenvalue weighted by Gasteiger charge is 2.15. The standard InChI is InChI=1S/C18H19NO6/c1-21-14-4-3-5-15(22-2)18(14)25-11-17(20)19-12-6-7-13-16(10-12)24-9-8-23-13/h3-7,10H,8-9,11H2,1-2H3,(H,19,20). The van der Waals surface area contributed by atoms with Gasteiger partial charge < -0.3 is 29.0 Å². The number of hydrogen-bond donors (Lipinski definition) is 1. The molecule has 0 aromatic heterocycles. The first-order valence-electron chi connectivity index (χ1n) is 7.74. The first-order chi connectivity index (χ1) is 12.2. The molecule has 0 aliphatic carbocycles. The van der Waals surface area contributed by atoms with Crippen LogP contribution in [-0.4, -0.2) is 39.9 Å². The molecule has 1 heterocycles. The van der Waals surface area contributed by atoms with Crippen LogP contribution in [0, 0.1) is 0 Å². The molecule has 0 spiro atoms. The third-order valence-electron chi connectivity index (χ3n) is 3.56. The van der Waals surface area contributed by atoms with E-state index in [-0.39, 0.29) is 12.5 Å². The Labute approximate surface area is 145 Å². The predicted octanol–water partition coefficient (Wildman–Crippen LogP) is 2.49. The Morgan fingerprint density at radius 3 is 2.40 bits per heavy atom. The van der Waals surface area contributed by atoms with Gasteiger partial charge in [-0.05, 0) is 24.3 Å². The Kier molecular flexibility index (Phi) is 5.13. The van der Waals surface area contributed by atoms with Crippen LogP contribution in [0.4, 0.5) is 5.69 Å². The summed E-state index contributed by atoms with van der Waals surface area (Å²) in [6.07, 6.45) is 0. The van der Waals surface area contributed by atoms with Crippen LogP contribution in [0.3, 0.4) is 0 Å². The lowest BCUT2D eigenvalue weighted by atomic mass is 10.2. The monoisotopic (exact) mass is 345 g/mol. The zero-order valence-electron chi connectivity index (χ0n) is 14.0. The fourth-order valence-electron chi connectivity index (χ4n) is 2.42. The summed E-state index contributed by atoms with van der Waals surface area (Å²) >= 11 is 0. The molecule has 25 heavy (non-hydrogen) atoms. The average molecular weight is 345 g/mol. The predicted molar refractivity (Wildman–Crippen MR) is 91.1 cm³/mol. The summed E-state index contributed by atoms with van der Waals surface area (Å²) in [5.41, 5.74) is 0.602.